The summed E-state index contributed by atoms with van der Waals surface area (Å²) in [5.74, 6) is -0.465. The molecule has 0 amide bonds. The number of aliphatic carboxylic acids is 1. The van der Waals surface area contributed by atoms with E-state index in [0.29, 0.717) is 12.3 Å². The summed E-state index contributed by atoms with van der Waals surface area (Å²) in [4.78, 5) is 15.4. The molecule has 0 saturated heterocycles. The second kappa shape index (κ2) is 3.90. The molecule has 2 rings (SSSR count). The first-order valence-electron chi connectivity index (χ1n) is 5.49. The van der Waals surface area contributed by atoms with Crippen molar-refractivity contribution in [3.8, 4) is 0 Å². The minimum Gasteiger partial charge on any atom is -0.480 e. The van der Waals surface area contributed by atoms with E-state index < -0.39 is 12.0 Å². The molecule has 1 aromatic rings. The quantitative estimate of drug-likeness (QED) is 0.775. The van der Waals surface area contributed by atoms with Crippen LogP contribution in [0.2, 0.25) is 0 Å². The first-order chi connectivity index (χ1) is 7.50. The molecule has 5 nitrogen and oxygen atoms in total. The van der Waals surface area contributed by atoms with Crippen LogP contribution in [0.25, 0.3) is 0 Å². The van der Waals surface area contributed by atoms with Crippen molar-refractivity contribution in [2.45, 2.75) is 32.4 Å². The van der Waals surface area contributed by atoms with Gasteiger partial charge in [-0.3, -0.25) is 10.1 Å². The van der Waals surface area contributed by atoms with Gasteiger partial charge in [-0.1, -0.05) is 13.8 Å². The van der Waals surface area contributed by atoms with Gasteiger partial charge in [0, 0.05) is 19.2 Å². The summed E-state index contributed by atoms with van der Waals surface area (Å²) in [6.07, 6.45) is 2.26. The Balaban J connectivity index is 2.39. The normalized spacial score (nSPS) is 24.5. The number of nitrogens with zero attached hydrogens (tertiary/aromatic N) is 2. The minimum absolute atomic E-state index is 0.0334. The first-order valence-corrected chi connectivity index (χ1v) is 5.49. The van der Waals surface area contributed by atoms with Crippen LogP contribution in [0.4, 0.5) is 0 Å². The van der Waals surface area contributed by atoms with Crippen LogP contribution in [-0.4, -0.2) is 26.7 Å². The van der Waals surface area contributed by atoms with Crippen LogP contribution in [0.5, 0.6) is 0 Å². The van der Waals surface area contributed by atoms with Crippen LogP contribution in [-0.2, 0) is 18.3 Å². The maximum absolute atomic E-state index is 11.1. The van der Waals surface area contributed by atoms with E-state index in [-0.39, 0.29) is 6.04 Å². The number of fused-ring (bicyclic) bond motifs is 1. The van der Waals surface area contributed by atoms with Crippen molar-refractivity contribution < 1.29 is 9.90 Å². The van der Waals surface area contributed by atoms with E-state index in [4.69, 9.17) is 5.11 Å². The lowest BCUT2D eigenvalue weighted by Gasteiger charge is -2.31. The Morgan fingerprint density at radius 3 is 2.94 bits per heavy atom. The zero-order valence-corrected chi connectivity index (χ0v) is 9.77. The summed E-state index contributed by atoms with van der Waals surface area (Å²) in [6, 6.07) is -0.471. The van der Waals surface area contributed by atoms with E-state index in [9.17, 15) is 4.79 Å². The number of aryl methyl sites for hydroxylation is 1. The predicted octanol–water partition coefficient (Wildman–Crippen LogP) is 0.716. The average molecular weight is 223 g/mol. The van der Waals surface area contributed by atoms with Crippen LogP contribution in [0.3, 0.4) is 0 Å². The molecular formula is C11H17N3O2. The third-order valence-electron chi connectivity index (χ3n) is 3.13. The number of imidazole rings is 1. The smallest absolute Gasteiger partial charge is 0.321 e. The van der Waals surface area contributed by atoms with Gasteiger partial charge in [0.05, 0.1) is 18.1 Å². The number of aromatic nitrogens is 2. The lowest BCUT2D eigenvalue weighted by atomic mass is 9.92. The van der Waals surface area contributed by atoms with Crippen molar-refractivity contribution in [3.63, 3.8) is 0 Å². The van der Waals surface area contributed by atoms with E-state index >= 15 is 0 Å². The van der Waals surface area contributed by atoms with Gasteiger partial charge >= 0.3 is 5.97 Å². The SMILES string of the molecule is CC(C)C1N[C@H](C(=O)O)Cc2c1ncn2C. The maximum Gasteiger partial charge on any atom is 0.321 e. The highest BCUT2D eigenvalue weighted by molar-refractivity contribution is 5.74. The summed E-state index contributed by atoms with van der Waals surface area (Å²) >= 11 is 0. The lowest BCUT2D eigenvalue weighted by molar-refractivity contribution is -0.140. The third kappa shape index (κ3) is 1.71. The number of rotatable bonds is 2. The van der Waals surface area contributed by atoms with Gasteiger partial charge in [0.15, 0.2) is 0 Å². The number of nitrogens with one attached hydrogen (secondary N) is 1. The second-order valence-electron chi connectivity index (χ2n) is 4.67. The van der Waals surface area contributed by atoms with Crippen LogP contribution in [0.15, 0.2) is 6.33 Å². The molecule has 0 bridgehead atoms. The molecular weight excluding hydrogens is 206 g/mol. The molecule has 1 aliphatic heterocycles. The maximum atomic E-state index is 11.1. The van der Waals surface area contributed by atoms with Gasteiger partial charge in [-0.05, 0) is 5.92 Å². The molecule has 2 N–H and O–H groups in total. The largest absolute Gasteiger partial charge is 0.480 e. The molecule has 2 atom stereocenters. The fourth-order valence-electron chi connectivity index (χ4n) is 2.20. The highest BCUT2D eigenvalue weighted by Crippen LogP contribution is 2.29. The summed E-state index contributed by atoms with van der Waals surface area (Å²) in [7, 11) is 1.91. The van der Waals surface area contributed by atoms with Crippen LogP contribution >= 0.6 is 0 Å². The van der Waals surface area contributed by atoms with Gasteiger partial charge in [-0.25, -0.2) is 4.98 Å². The molecule has 1 unspecified atom stereocenters. The van der Waals surface area contributed by atoms with Gasteiger partial charge in [0.25, 0.3) is 0 Å². The van der Waals surface area contributed by atoms with Crippen LogP contribution in [0, 0.1) is 5.92 Å². The molecule has 0 radical (unpaired) electrons. The van der Waals surface area contributed by atoms with E-state index in [1.807, 2.05) is 11.6 Å². The van der Waals surface area contributed by atoms with E-state index in [1.54, 1.807) is 6.33 Å². The Bertz CT molecular complexity index is 411. The molecule has 88 valence electrons. The van der Waals surface area contributed by atoms with Crippen molar-refractivity contribution in [3.05, 3.63) is 17.7 Å². The fraction of sp³-hybridized carbons (Fsp3) is 0.636. The van der Waals surface area contributed by atoms with Crippen molar-refractivity contribution in [2.24, 2.45) is 13.0 Å². The monoisotopic (exact) mass is 223 g/mol. The minimum atomic E-state index is -0.794. The summed E-state index contributed by atoms with van der Waals surface area (Å²) in [5.41, 5.74) is 2.03. The predicted molar refractivity (Wildman–Crippen MR) is 59.1 cm³/mol. The standard InChI is InChI=1S/C11H17N3O2/c1-6(2)9-10-8(14(3)5-12-10)4-7(13-9)11(15)16/h5-7,9,13H,4H2,1-3H3,(H,15,16)/t7-,9?/m0/s1. The molecule has 1 aliphatic rings. The summed E-state index contributed by atoms with van der Waals surface area (Å²) in [6.45, 7) is 4.14. The number of hydrogen-bond donors (Lipinski definition) is 2. The molecule has 0 fully saturated rings. The highest BCUT2D eigenvalue weighted by Gasteiger charge is 2.34. The van der Waals surface area contributed by atoms with Gasteiger partial charge < -0.3 is 9.67 Å². The van der Waals surface area contributed by atoms with Crippen LogP contribution < -0.4 is 5.32 Å². The van der Waals surface area contributed by atoms with Crippen molar-refractivity contribution in [1.29, 1.82) is 0 Å². The number of carboxylic acid groups (broad SMARTS) is 1. The Hall–Kier alpha value is -1.36. The molecule has 0 spiro atoms. The number of hydrogen-bond acceptors (Lipinski definition) is 3. The molecule has 0 saturated carbocycles. The third-order valence-corrected chi connectivity index (χ3v) is 3.13. The molecule has 0 aromatic carbocycles. The van der Waals surface area contributed by atoms with E-state index in [2.05, 4.69) is 24.1 Å². The topological polar surface area (TPSA) is 67.2 Å². The Labute approximate surface area is 94.5 Å². The molecule has 16 heavy (non-hydrogen) atoms. The second-order valence-corrected chi connectivity index (χ2v) is 4.67. The molecule has 5 heteroatoms. The van der Waals surface area contributed by atoms with Crippen molar-refractivity contribution >= 4 is 5.97 Å². The Kier molecular flexibility index (Phi) is 2.71. The Morgan fingerprint density at radius 1 is 1.69 bits per heavy atom. The molecule has 1 aromatic heterocycles. The van der Waals surface area contributed by atoms with Gasteiger partial charge in [-0.15, -0.1) is 0 Å². The Morgan fingerprint density at radius 2 is 2.38 bits per heavy atom. The molecule has 0 aliphatic carbocycles. The van der Waals surface area contributed by atoms with Gasteiger partial charge in [0.1, 0.15) is 6.04 Å². The zero-order valence-electron chi connectivity index (χ0n) is 9.77. The summed E-state index contributed by atoms with van der Waals surface area (Å²) in [5, 5.41) is 12.2. The number of carboxylic acids is 1. The number of carbonyl (C=O) groups is 1. The molecule has 2 heterocycles. The first kappa shape index (κ1) is 11.1. The van der Waals surface area contributed by atoms with Crippen LogP contribution in [0.1, 0.15) is 31.3 Å². The lowest BCUT2D eigenvalue weighted by Crippen LogP contribution is -2.46. The van der Waals surface area contributed by atoms with Gasteiger partial charge in [-0.2, -0.15) is 0 Å². The van der Waals surface area contributed by atoms with Gasteiger partial charge in [0.2, 0.25) is 0 Å². The average Bonchev–Trinajstić information content (AvgIpc) is 2.59. The van der Waals surface area contributed by atoms with Crippen molar-refractivity contribution in [1.82, 2.24) is 14.9 Å². The zero-order chi connectivity index (χ0) is 11.9. The van der Waals surface area contributed by atoms with E-state index in [0.717, 1.165) is 11.4 Å². The fourth-order valence-corrected chi connectivity index (χ4v) is 2.20. The highest BCUT2D eigenvalue weighted by atomic mass is 16.4. The van der Waals surface area contributed by atoms with E-state index in [1.165, 1.54) is 0 Å². The van der Waals surface area contributed by atoms with Crippen molar-refractivity contribution in [2.75, 3.05) is 0 Å². The summed E-state index contributed by atoms with van der Waals surface area (Å²) < 4.78 is 1.92.